The molecule has 9 heteroatoms. The van der Waals surface area contributed by atoms with E-state index in [-0.39, 0.29) is 34.6 Å². The lowest BCUT2D eigenvalue weighted by atomic mass is 10.1. The third-order valence-electron chi connectivity index (χ3n) is 3.75. The Labute approximate surface area is 143 Å². The van der Waals surface area contributed by atoms with E-state index in [9.17, 15) is 4.79 Å². The quantitative estimate of drug-likeness (QED) is 0.765. The van der Waals surface area contributed by atoms with Crippen molar-refractivity contribution < 1.29 is 14.3 Å². The molecule has 3 heterocycles. The Bertz CT molecular complexity index is 718. The molecule has 4 N–H and O–H groups in total. The molecule has 0 unspecified atom stereocenters. The van der Waals surface area contributed by atoms with Gasteiger partial charge in [0, 0.05) is 12.3 Å². The van der Waals surface area contributed by atoms with Crippen molar-refractivity contribution in [3.8, 4) is 5.75 Å². The van der Waals surface area contributed by atoms with Crippen LogP contribution in [0.3, 0.4) is 0 Å². The minimum absolute atomic E-state index is 0.0901. The Hall–Kier alpha value is -2.32. The summed E-state index contributed by atoms with van der Waals surface area (Å²) in [5.41, 5.74) is 6.58. The summed E-state index contributed by atoms with van der Waals surface area (Å²) < 4.78 is 11.4. The van der Waals surface area contributed by atoms with Gasteiger partial charge in [-0.1, -0.05) is 11.6 Å². The number of nitrogens with two attached hydrogens (primary N) is 1. The number of aryl methyl sites for hydroxylation is 1. The van der Waals surface area contributed by atoms with Gasteiger partial charge >= 0.3 is 0 Å². The van der Waals surface area contributed by atoms with E-state index in [1.165, 1.54) is 0 Å². The molecule has 0 radical (unpaired) electrons. The van der Waals surface area contributed by atoms with E-state index in [2.05, 4.69) is 20.5 Å². The molecule has 0 saturated carbocycles. The minimum atomic E-state index is -0.383. The van der Waals surface area contributed by atoms with Gasteiger partial charge in [0.15, 0.2) is 5.82 Å². The number of ether oxygens (including phenoxy) is 2. The molecule has 1 fully saturated rings. The van der Waals surface area contributed by atoms with E-state index in [4.69, 9.17) is 26.8 Å². The molecule has 3 rings (SSSR count). The highest BCUT2D eigenvalue weighted by Gasteiger charge is 2.30. The number of carbonyl (C=O) groups excluding carboxylic acids is 1. The lowest BCUT2D eigenvalue weighted by molar-refractivity contribution is -0.0136. The molecule has 0 aromatic carbocycles. The topological polar surface area (TPSA) is 115 Å². The van der Waals surface area contributed by atoms with Crippen molar-refractivity contribution in [3.05, 3.63) is 34.7 Å². The van der Waals surface area contributed by atoms with Crippen molar-refractivity contribution in [2.24, 2.45) is 0 Å². The summed E-state index contributed by atoms with van der Waals surface area (Å²) in [6, 6.07) is 3.47. The van der Waals surface area contributed by atoms with Crippen molar-refractivity contribution >= 4 is 23.3 Å². The average Bonchev–Trinajstić information content (AvgIpc) is 2.91. The molecule has 0 aliphatic carbocycles. The van der Waals surface area contributed by atoms with Crippen LogP contribution in [0.2, 0.25) is 5.02 Å². The van der Waals surface area contributed by atoms with Gasteiger partial charge in [-0.2, -0.15) is 5.10 Å². The number of hydrogen-bond acceptors (Lipinski definition) is 6. The number of rotatable bonds is 4. The predicted octanol–water partition coefficient (Wildman–Crippen LogP) is 1.32. The van der Waals surface area contributed by atoms with Crippen LogP contribution in [0.4, 0.5) is 5.82 Å². The zero-order valence-corrected chi connectivity index (χ0v) is 13.8. The molecule has 8 nitrogen and oxygen atoms in total. The number of nitrogen functional groups attached to an aromatic ring is 1. The first-order chi connectivity index (χ1) is 11.5. The molecule has 2 aromatic heterocycles. The van der Waals surface area contributed by atoms with Crippen LogP contribution < -0.4 is 15.8 Å². The SMILES string of the molecule is Cc1ccc(O[C@H]2COCC[C@H]2NC(=O)c2[nH]nc(N)c2Cl)cn1. The van der Waals surface area contributed by atoms with E-state index in [1.807, 2.05) is 19.1 Å². The predicted molar refractivity (Wildman–Crippen MR) is 88.1 cm³/mol. The maximum atomic E-state index is 12.4. The summed E-state index contributed by atoms with van der Waals surface area (Å²) in [5, 5.41) is 9.26. The molecule has 24 heavy (non-hydrogen) atoms. The summed E-state index contributed by atoms with van der Waals surface area (Å²) in [7, 11) is 0. The lowest BCUT2D eigenvalue weighted by Gasteiger charge is -2.32. The minimum Gasteiger partial charge on any atom is -0.484 e. The van der Waals surface area contributed by atoms with Crippen LogP contribution in [-0.4, -0.2) is 46.4 Å². The van der Waals surface area contributed by atoms with E-state index < -0.39 is 0 Å². The molecular weight excluding hydrogens is 334 g/mol. The van der Waals surface area contributed by atoms with E-state index in [0.717, 1.165) is 5.69 Å². The van der Waals surface area contributed by atoms with Gasteiger partial charge in [0.25, 0.3) is 5.91 Å². The second-order valence-corrected chi connectivity index (χ2v) is 5.91. The van der Waals surface area contributed by atoms with Crippen LogP contribution in [0.25, 0.3) is 0 Å². The molecule has 2 aromatic rings. The van der Waals surface area contributed by atoms with Gasteiger partial charge in [0.05, 0.1) is 18.8 Å². The molecule has 128 valence electrons. The monoisotopic (exact) mass is 351 g/mol. The van der Waals surface area contributed by atoms with Crippen LogP contribution in [-0.2, 0) is 4.74 Å². The molecule has 2 atom stereocenters. The number of anilines is 1. The normalized spacial score (nSPS) is 20.6. The fourth-order valence-electron chi connectivity index (χ4n) is 2.43. The summed E-state index contributed by atoms with van der Waals surface area (Å²) in [5.74, 6) is 0.332. The first kappa shape index (κ1) is 16.5. The highest BCUT2D eigenvalue weighted by Crippen LogP contribution is 2.21. The summed E-state index contributed by atoms with van der Waals surface area (Å²) in [6.07, 6.45) is 1.94. The van der Waals surface area contributed by atoms with Gasteiger partial charge in [-0.25, -0.2) is 0 Å². The molecule has 1 aliphatic rings. The lowest BCUT2D eigenvalue weighted by Crippen LogP contribution is -2.51. The van der Waals surface area contributed by atoms with Gasteiger partial charge in [0.1, 0.15) is 22.6 Å². The van der Waals surface area contributed by atoms with Gasteiger partial charge < -0.3 is 20.5 Å². The summed E-state index contributed by atoms with van der Waals surface area (Å²) in [6.45, 7) is 2.81. The fraction of sp³-hybridized carbons (Fsp3) is 0.400. The maximum absolute atomic E-state index is 12.4. The Kier molecular flexibility index (Phi) is 4.86. The van der Waals surface area contributed by atoms with Gasteiger partial charge in [-0.15, -0.1) is 0 Å². The molecule has 0 spiro atoms. The third kappa shape index (κ3) is 3.60. The molecular formula is C15H18ClN5O3. The largest absolute Gasteiger partial charge is 0.484 e. The number of nitrogens with zero attached hydrogens (tertiary/aromatic N) is 2. The number of aromatic nitrogens is 3. The van der Waals surface area contributed by atoms with Crippen molar-refractivity contribution in [2.75, 3.05) is 18.9 Å². The third-order valence-corrected chi connectivity index (χ3v) is 4.13. The molecule has 0 bridgehead atoms. The molecule has 1 saturated heterocycles. The van der Waals surface area contributed by atoms with Crippen LogP contribution in [0.5, 0.6) is 5.75 Å². The van der Waals surface area contributed by atoms with E-state index in [1.54, 1.807) is 6.20 Å². The zero-order chi connectivity index (χ0) is 17.1. The van der Waals surface area contributed by atoms with E-state index in [0.29, 0.717) is 25.4 Å². The number of amides is 1. The number of H-pyrrole nitrogens is 1. The van der Waals surface area contributed by atoms with Crippen LogP contribution in [0.15, 0.2) is 18.3 Å². The Balaban J connectivity index is 1.69. The number of aromatic amines is 1. The van der Waals surface area contributed by atoms with Crippen molar-refractivity contribution in [1.29, 1.82) is 0 Å². The van der Waals surface area contributed by atoms with Crippen LogP contribution in [0.1, 0.15) is 22.6 Å². The van der Waals surface area contributed by atoms with Crippen molar-refractivity contribution in [2.45, 2.75) is 25.5 Å². The van der Waals surface area contributed by atoms with Crippen molar-refractivity contribution in [1.82, 2.24) is 20.5 Å². The number of hydrogen-bond donors (Lipinski definition) is 3. The Morgan fingerprint density at radius 1 is 1.54 bits per heavy atom. The fourth-order valence-corrected chi connectivity index (χ4v) is 2.60. The second-order valence-electron chi connectivity index (χ2n) is 5.53. The standard InChI is InChI=1S/C15H18ClN5O3/c1-8-2-3-9(6-18-8)24-11-7-23-5-4-10(11)19-15(22)13-12(16)14(17)21-20-13/h2-3,6,10-11H,4-5,7H2,1H3,(H,19,22)(H3,17,20,21)/t10-,11+/m1/s1. The maximum Gasteiger partial charge on any atom is 0.271 e. The highest BCUT2D eigenvalue weighted by atomic mass is 35.5. The smallest absolute Gasteiger partial charge is 0.271 e. The zero-order valence-electron chi connectivity index (χ0n) is 13.1. The Morgan fingerprint density at radius 2 is 2.38 bits per heavy atom. The number of halogens is 1. The summed E-state index contributed by atoms with van der Waals surface area (Å²) in [4.78, 5) is 16.6. The average molecular weight is 352 g/mol. The summed E-state index contributed by atoms with van der Waals surface area (Å²) >= 11 is 5.96. The number of pyridine rings is 1. The number of carbonyl (C=O) groups is 1. The van der Waals surface area contributed by atoms with Crippen LogP contribution in [0, 0.1) is 6.92 Å². The van der Waals surface area contributed by atoms with Gasteiger partial charge in [-0.05, 0) is 25.5 Å². The highest BCUT2D eigenvalue weighted by molar-refractivity contribution is 6.35. The first-order valence-corrected chi connectivity index (χ1v) is 7.89. The van der Waals surface area contributed by atoms with Crippen molar-refractivity contribution in [3.63, 3.8) is 0 Å². The van der Waals surface area contributed by atoms with Crippen LogP contribution >= 0.6 is 11.6 Å². The van der Waals surface area contributed by atoms with Gasteiger partial charge in [0.2, 0.25) is 0 Å². The van der Waals surface area contributed by atoms with E-state index >= 15 is 0 Å². The second kappa shape index (κ2) is 7.06. The first-order valence-electron chi connectivity index (χ1n) is 7.52. The molecule has 1 amide bonds. The Morgan fingerprint density at radius 3 is 3.04 bits per heavy atom. The molecule has 1 aliphatic heterocycles. The van der Waals surface area contributed by atoms with Gasteiger partial charge in [-0.3, -0.25) is 14.9 Å². The number of nitrogens with one attached hydrogen (secondary N) is 2.